The molecule has 0 aromatic rings. The van der Waals surface area contributed by atoms with Crippen molar-refractivity contribution in [1.29, 1.82) is 0 Å². The van der Waals surface area contributed by atoms with Gasteiger partial charge in [-0.1, -0.05) is 46.8 Å². The number of hydrogen-bond acceptors (Lipinski definition) is 3. The number of hydrogen-bond donors (Lipinski definition) is 2. The fourth-order valence-electron chi connectivity index (χ4n) is 9.89. The lowest BCUT2D eigenvalue weighted by atomic mass is 9.35. The summed E-state index contributed by atoms with van der Waals surface area (Å²) in [5.74, 6) is 2.90. The number of fused-ring (bicyclic) bond motifs is 5. The first-order chi connectivity index (χ1) is 15.1. The van der Waals surface area contributed by atoms with Gasteiger partial charge in [0, 0.05) is 11.8 Å². The van der Waals surface area contributed by atoms with Crippen molar-refractivity contribution in [3.05, 3.63) is 12.2 Å². The lowest BCUT2D eigenvalue weighted by Gasteiger charge is -2.69. The molecule has 0 aliphatic heterocycles. The summed E-state index contributed by atoms with van der Waals surface area (Å²) in [5.41, 5.74) is 0.958. The van der Waals surface area contributed by atoms with Crippen molar-refractivity contribution in [3.8, 4) is 0 Å². The number of Topliss-reactive ketones (excluding diaryl/α,β-unsaturated/α-hetero) is 1. The topological polar surface area (TPSA) is 57.5 Å². The molecular formula is C30H50O3. The summed E-state index contributed by atoms with van der Waals surface area (Å²) in [6, 6.07) is 0. The van der Waals surface area contributed by atoms with E-state index < -0.39 is 11.7 Å². The largest absolute Gasteiger partial charge is 0.390 e. The third-order valence-corrected chi connectivity index (χ3v) is 12.2. The number of aliphatic hydroxyl groups is 2. The van der Waals surface area contributed by atoms with Crippen LogP contribution in [0.5, 0.6) is 0 Å². The minimum absolute atomic E-state index is 0.181. The van der Waals surface area contributed by atoms with Crippen molar-refractivity contribution < 1.29 is 15.0 Å². The van der Waals surface area contributed by atoms with Crippen molar-refractivity contribution in [3.63, 3.8) is 0 Å². The van der Waals surface area contributed by atoms with Crippen LogP contribution in [0.3, 0.4) is 0 Å². The highest BCUT2D eigenvalue weighted by Gasteiger charge is 2.68. The van der Waals surface area contributed by atoms with E-state index in [-0.39, 0.29) is 10.8 Å². The molecular weight excluding hydrogens is 408 g/mol. The van der Waals surface area contributed by atoms with Crippen LogP contribution in [0.15, 0.2) is 12.2 Å². The molecule has 0 bridgehead atoms. The molecule has 0 aromatic carbocycles. The summed E-state index contributed by atoms with van der Waals surface area (Å²) < 4.78 is 0. The minimum Gasteiger partial charge on any atom is -0.390 e. The zero-order valence-electron chi connectivity index (χ0n) is 22.5. The monoisotopic (exact) mass is 458 g/mol. The van der Waals surface area contributed by atoms with Gasteiger partial charge in [0.05, 0.1) is 11.7 Å². The molecule has 5 unspecified atom stereocenters. The summed E-state index contributed by atoms with van der Waals surface area (Å²) in [6.45, 7) is 20.1. The molecule has 0 saturated heterocycles. The summed E-state index contributed by atoms with van der Waals surface area (Å²) >= 11 is 0. The van der Waals surface area contributed by atoms with Crippen molar-refractivity contribution in [2.75, 3.05) is 0 Å². The van der Waals surface area contributed by atoms with Gasteiger partial charge in [0.15, 0.2) is 0 Å². The molecule has 188 valence electrons. The molecule has 0 aromatic heterocycles. The summed E-state index contributed by atoms with van der Waals surface area (Å²) in [7, 11) is 0. The Labute approximate surface area is 202 Å². The molecule has 8 atom stereocenters. The first-order valence-corrected chi connectivity index (χ1v) is 13.7. The van der Waals surface area contributed by atoms with Crippen molar-refractivity contribution in [1.82, 2.24) is 0 Å². The number of carbonyl (C=O) groups is 1. The first kappa shape index (κ1) is 25.4. The van der Waals surface area contributed by atoms with Gasteiger partial charge in [-0.25, -0.2) is 0 Å². The van der Waals surface area contributed by atoms with Crippen LogP contribution in [0.25, 0.3) is 0 Å². The number of rotatable bonds is 5. The van der Waals surface area contributed by atoms with Gasteiger partial charge >= 0.3 is 0 Å². The van der Waals surface area contributed by atoms with E-state index in [2.05, 4.69) is 41.2 Å². The molecule has 0 amide bonds. The third kappa shape index (κ3) is 3.62. The summed E-state index contributed by atoms with van der Waals surface area (Å²) in [5, 5.41) is 20.5. The van der Waals surface area contributed by atoms with Crippen LogP contribution in [0, 0.1) is 45.3 Å². The maximum Gasteiger partial charge on any atom is 0.138 e. The number of carbonyl (C=O) groups excluding carboxylic acids is 1. The van der Waals surface area contributed by atoms with Crippen LogP contribution in [0.2, 0.25) is 0 Å². The molecule has 0 spiro atoms. The lowest BCUT2D eigenvalue weighted by Crippen LogP contribution is -2.63. The zero-order valence-corrected chi connectivity index (χ0v) is 22.5. The van der Waals surface area contributed by atoms with Crippen molar-refractivity contribution in [2.45, 2.75) is 124 Å². The SMILES string of the molecule is C=C(CCC(O)C(C)(C)O)C1CC[C@]2(C)C1CCC1[C@@]3(C)CCC(=O)C(C)(C)C3CC[C@]12C. The van der Waals surface area contributed by atoms with E-state index in [1.165, 1.54) is 44.1 Å². The van der Waals surface area contributed by atoms with Gasteiger partial charge in [-0.2, -0.15) is 0 Å². The average molecular weight is 459 g/mol. The van der Waals surface area contributed by atoms with E-state index in [1.807, 2.05) is 0 Å². The Balaban J connectivity index is 1.55. The molecule has 0 heterocycles. The summed E-state index contributed by atoms with van der Waals surface area (Å²) in [4.78, 5) is 12.8. The molecule has 3 nitrogen and oxygen atoms in total. The van der Waals surface area contributed by atoms with Gasteiger partial charge in [-0.05, 0) is 112 Å². The maximum absolute atomic E-state index is 12.8. The number of allylic oxidation sites excluding steroid dienone is 1. The van der Waals surface area contributed by atoms with Gasteiger partial charge in [0.2, 0.25) is 0 Å². The molecule has 0 radical (unpaired) electrons. The Morgan fingerprint density at radius 2 is 1.64 bits per heavy atom. The molecule has 4 rings (SSSR count). The minimum atomic E-state index is -1.06. The van der Waals surface area contributed by atoms with E-state index in [0.717, 1.165) is 19.3 Å². The predicted octanol–water partition coefficient (Wildman–Crippen LogP) is 6.71. The molecule has 33 heavy (non-hydrogen) atoms. The van der Waals surface area contributed by atoms with Crippen LogP contribution in [0.4, 0.5) is 0 Å². The molecule has 4 aliphatic rings. The molecule has 3 heteroatoms. The quantitative estimate of drug-likeness (QED) is 0.450. The van der Waals surface area contributed by atoms with E-state index in [0.29, 0.717) is 46.7 Å². The van der Waals surface area contributed by atoms with Gasteiger partial charge in [0.25, 0.3) is 0 Å². The van der Waals surface area contributed by atoms with Crippen LogP contribution in [-0.4, -0.2) is 27.7 Å². The standard InChI is InChI=1S/C30H50O3/c1-19(9-12-25(32)27(4,5)33)20-13-17-29(7)21(20)10-11-23-28(6)16-15-24(31)26(2,3)22(28)14-18-30(23,29)8/h20-23,25,32-33H,1,9-18H2,2-8H3/t20?,21?,22?,23?,25?,28-,29+,30+/m0/s1. The van der Waals surface area contributed by atoms with Crippen molar-refractivity contribution in [2.24, 2.45) is 45.3 Å². The van der Waals surface area contributed by atoms with Crippen LogP contribution < -0.4 is 0 Å². The number of ketones is 1. The normalized spacial score (nSPS) is 45.7. The first-order valence-electron chi connectivity index (χ1n) is 13.7. The zero-order chi connectivity index (χ0) is 24.6. The average Bonchev–Trinajstić information content (AvgIpc) is 3.07. The molecule has 4 saturated carbocycles. The Hall–Kier alpha value is -0.670. The van der Waals surface area contributed by atoms with Gasteiger partial charge in [0.1, 0.15) is 5.78 Å². The van der Waals surface area contributed by atoms with Crippen molar-refractivity contribution >= 4 is 5.78 Å². The fraction of sp³-hybridized carbons (Fsp3) is 0.900. The Morgan fingerprint density at radius 1 is 1.00 bits per heavy atom. The maximum atomic E-state index is 12.8. The highest BCUT2D eigenvalue weighted by Crippen LogP contribution is 2.75. The predicted molar refractivity (Wildman–Crippen MR) is 135 cm³/mol. The Bertz CT molecular complexity index is 806. The highest BCUT2D eigenvalue weighted by molar-refractivity contribution is 5.85. The molecule has 4 fully saturated rings. The van der Waals surface area contributed by atoms with Gasteiger partial charge in [-0.15, -0.1) is 0 Å². The Kier molecular flexibility index (Phi) is 6.10. The molecule has 2 N–H and O–H groups in total. The second-order valence-electron chi connectivity index (χ2n) is 14.3. The van der Waals surface area contributed by atoms with E-state index in [4.69, 9.17) is 0 Å². The third-order valence-electron chi connectivity index (χ3n) is 12.2. The van der Waals surface area contributed by atoms with Crippen LogP contribution in [0.1, 0.15) is 113 Å². The van der Waals surface area contributed by atoms with E-state index in [9.17, 15) is 15.0 Å². The smallest absolute Gasteiger partial charge is 0.138 e. The highest BCUT2D eigenvalue weighted by atomic mass is 16.3. The van der Waals surface area contributed by atoms with Gasteiger partial charge < -0.3 is 10.2 Å². The van der Waals surface area contributed by atoms with E-state index in [1.54, 1.807) is 13.8 Å². The second kappa shape index (κ2) is 7.92. The van der Waals surface area contributed by atoms with E-state index >= 15 is 0 Å². The van der Waals surface area contributed by atoms with Crippen LogP contribution >= 0.6 is 0 Å². The Morgan fingerprint density at radius 3 is 2.27 bits per heavy atom. The molecule has 4 aliphatic carbocycles. The fourth-order valence-corrected chi connectivity index (χ4v) is 9.89. The van der Waals surface area contributed by atoms with Crippen LogP contribution in [-0.2, 0) is 4.79 Å². The second-order valence-corrected chi connectivity index (χ2v) is 14.3. The lowest BCUT2D eigenvalue weighted by molar-refractivity contribution is -0.201. The van der Waals surface area contributed by atoms with Gasteiger partial charge in [-0.3, -0.25) is 4.79 Å². The summed E-state index contributed by atoms with van der Waals surface area (Å²) in [6.07, 6.45) is 9.99. The number of aliphatic hydroxyl groups excluding tert-OH is 1.